The van der Waals surface area contributed by atoms with E-state index in [1.54, 1.807) is 30.6 Å². The van der Waals surface area contributed by atoms with Gasteiger partial charge in [0.05, 0.1) is 43.5 Å². The molecule has 0 bridgehead atoms. The molecule has 1 aliphatic heterocycles. The first-order valence-electron chi connectivity index (χ1n) is 9.73. The van der Waals surface area contributed by atoms with Gasteiger partial charge in [0.15, 0.2) is 0 Å². The van der Waals surface area contributed by atoms with Crippen LogP contribution in [0.2, 0.25) is 5.02 Å². The van der Waals surface area contributed by atoms with Gasteiger partial charge >= 0.3 is 0 Å². The molecule has 0 radical (unpaired) electrons. The van der Waals surface area contributed by atoms with E-state index < -0.39 is 0 Å². The van der Waals surface area contributed by atoms with Crippen LogP contribution in [0.25, 0.3) is 5.69 Å². The lowest BCUT2D eigenvalue weighted by molar-refractivity contribution is -0.117. The number of methoxy groups -OCH3 is 2. The highest BCUT2D eigenvalue weighted by molar-refractivity contribution is 6.32. The average Bonchev–Trinajstić information content (AvgIpc) is 3.18. The molecule has 0 saturated heterocycles. The van der Waals surface area contributed by atoms with E-state index in [-0.39, 0.29) is 18.3 Å². The molecule has 1 aliphatic rings. The second-order valence-corrected chi connectivity index (χ2v) is 7.59. The van der Waals surface area contributed by atoms with Gasteiger partial charge in [0.25, 0.3) is 0 Å². The number of rotatable bonds is 6. The summed E-state index contributed by atoms with van der Waals surface area (Å²) in [7, 11) is 3.02. The molecule has 31 heavy (non-hydrogen) atoms. The number of imidazole rings is 1. The van der Waals surface area contributed by atoms with Crippen LogP contribution in [0.5, 0.6) is 11.5 Å². The monoisotopic (exact) mass is 444 g/mol. The van der Waals surface area contributed by atoms with E-state index in [0.29, 0.717) is 35.3 Å². The van der Waals surface area contributed by atoms with Crippen LogP contribution in [0, 0.1) is 5.82 Å². The molecule has 0 unspecified atom stereocenters. The van der Waals surface area contributed by atoms with Crippen LogP contribution < -0.4 is 14.8 Å². The molecule has 4 rings (SSSR count). The third kappa shape index (κ3) is 4.50. The van der Waals surface area contributed by atoms with Crippen molar-refractivity contribution in [3.05, 3.63) is 65.0 Å². The predicted octanol–water partition coefficient (Wildman–Crippen LogP) is 3.68. The molecule has 7 nitrogen and oxygen atoms in total. The first-order chi connectivity index (χ1) is 15.0. The third-order valence-corrected chi connectivity index (χ3v) is 5.51. The van der Waals surface area contributed by atoms with Gasteiger partial charge in [-0.15, -0.1) is 0 Å². The minimum absolute atomic E-state index is 0.177. The van der Waals surface area contributed by atoms with Crippen molar-refractivity contribution in [2.45, 2.75) is 13.0 Å². The molecule has 0 atom stereocenters. The lowest BCUT2D eigenvalue weighted by atomic mass is 10.1. The van der Waals surface area contributed by atoms with E-state index in [0.717, 1.165) is 23.5 Å². The summed E-state index contributed by atoms with van der Waals surface area (Å²) < 4.78 is 25.7. The predicted molar refractivity (Wildman–Crippen MR) is 116 cm³/mol. The molecule has 1 aromatic heterocycles. The number of nitrogens with one attached hydrogen (secondary N) is 1. The smallest absolute Gasteiger partial charge is 0.238 e. The summed E-state index contributed by atoms with van der Waals surface area (Å²) >= 11 is 6.12. The van der Waals surface area contributed by atoms with Crippen molar-refractivity contribution in [2.75, 3.05) is 32.6 Å². The van der Waals surface area contributed by atoms with E-state index in [2.05, 4.69) is 10.3 Å². The van der Waals surface area contributed by atoms with Crippen LogP contribution in [0.15, 0.2) is 42.7 Å². The van der Waals surface area contributed by atoms with E-state index in [1.165, 1.54) is 26.4 Å². The van der Waals surface area contributed by atoms with Gasteiger partial charge in [-0.2, -0.15) is 0 Å². The maximum absolute atomic E-state index is 13.2. The Morgan fingerprint density at radius 2 is 1.94 bits per heavy atom. The fourth-order valence-corrected chi connectivity index (χ4v) is 3.90. The Morgan fingerprint density at radius 3 is 2.65 bits per heavy atom. The zero-order chi connectivity index (χ0) is 22.0. The van der Waals surface area contributed by atoms with Crippen LogP contribution in [-0.2, 0) is 17.8 Å². The highest BCUT2D eigenvalue weighted by Gasteiger charge is 2.23. The van der Waals surface area contributed by atoms with Gasteiger partial charge in [0.2, 0.25) is 5.91 Å². The molecule has 2 heterocycles. The number of benzene rings is 2. The number of amides is 1. The third-order valence-electron chi connectivity index (χ3n) is 5.21. The Labute approximate surface area is 184 Å². The molecule has 0 spiro atoms. The van der Waals surface area contributed by atoms with Gasteiger partial charge in [0, 0.05) is 43.0 Å². The van der Waals surface area contributed by atoms with Crippen LogP contribution in [0.4, 0.5) is 10.1 Å². The number of hydrogen-bond donors (Lipinski definition) is 1. The molecule has 2 aromatic carbocycles. The fourth-order valence-electron chi connectivity index (χ4n) is 3.67. The average molecular weight is 445 g/mol. The normalized spacial score (nSPS) is 13.5. The topological polar surface area (TPSA) is 68.6 Å². The summed E-state index contributed by atoms with van der Waals surface area (Å²) in [5, 5.41) is 3.27. The second-order valence-electron chi connectivity index (χ2n) is 7.18. The van der Waals surface area contributed by atoms with Crippen molar-refractivity contribution in [1.29, 1.82) is 0 Å². The van der Waals surface area contributed by atoms with Crippen molar-refractivity contribution >= 4 is 23.2 Å². The first kappa shape index (κ1) is 21.1. The van der Waals surface area contributed by atoms with Gasteiger partial charge in [-0.1, -0.05) is 11.6 Å². The van der Waals surface area contributed by atoms with Crippen LogP contribution in [-0.4, -0.2) is 47.7 Å². The minimum atomic E-state index is -0.273. The molecule has 0 fully saturated rings. The van der Waals surface area contributed by atoms with Gasteiger partial charge in [-0.25, -0.2) is 9.37 Å². The molecule has 1 N–H and O–H groups in total. The Kier molecular flexibility index (Phi) is 6.11. The highest BCUT2D eigenvalue weighted by Crippen LogP contribution is 2.35. The fraction of sp³-hybridized carbons (Fsp3) is 0.273. The molecule has 162 valence electrons. The Morgan fingerprint density at radius 1 is 1.19 bits per heavy atom. The van der Waals surface area contributed by atoms with Crippen molar-refractivity contribution in [3.63, 3.8) is 0 Å². The minimum Gasteiger partial charge on any atom is -0.495 e. The molecular formula is C22H22ClFN4O3. The first-order valence-corrected chi connectivity index (χ1v) is 10.1. The summed E-state index contributed by atoms with van der Waals surface area (Å²) in [6, 6.07) is 9.56. The number of halogens is 2. The van der Waals surface area contributed by atoms with Crippen molar-refractivity contribution in [3.8, 4) is 17.2 Å². The molecule has 9 heteroatoms. The number of carbonyl (C=O) groups is 1. The van der Waals surface area contributed by atoms with Gasteiger partial charge in [0.1, 0.15) is 17.3 Å². The number of hydrogen-bond acceptors (Lipinski definition) is 5. The standard InChI is InChI=1S/C22H22ClFN4O3/c1-30-20-10-17(21(31-2)9-16(20)23)26-22(29)12-27-8-7-19-18(11-27)25-13-28(19)15-5-3-14(24)4-6-15/h3-6,9-10,13H,7-8,11-12H2,1-2H3,(H,26,29). The zero-order valence-corrected chi connectivity index (χ0v) is 17.9. The number of aromatic nitrogens is 2. The zero-order valence-electron chi connectivity index (χ0n) is 17.2. The maximum atomic E-state index is 13.2. The molecule has 1 amide bonds. The summed E-state index contributed by atoms with van der Waals surface area (Å²) in [5.74, 6) is 0.457. The lowest BCUT2D eigenvalue weighted by Crippen LogP contribution is -2.37. The Bertz CT molecular complexity index is 1100. The Hall–Kier alpha value is -3.10. The van der Waals surface area contributed by atoms with Crippen LogP contribution in [0.3, 0.4) is 0 Å². The number of anilines is 1. The van der Waals surface area contributed by atoms with Gasteiger partial charge < -0.3 is 19.4 Å². The molecular weight excluding hydrogens is 423 g/mol. The van der Waals surface area contributed by atoms with Gasteiger partial charge in [-0.3, -0.25) is 9.69 Å². The highest BCUT2D eigenvalue weighted by atomic mass is 35.5. The van der Waals surface area contributed by atoms with E-state index in [1.807, 2.05) is 9.47 Å². The van der Waals surface area contributed by atoms with Gasteiger partial charge in [-0.05, 0) is 24.3 Å². The number of fused-ring (bicyclic) bond motifs is 1. The lowest BCUT2D eigenvalue weighted by Gasteiger charge is -2.26. The van der Waals surface area contributed by atoms with Crippen molar-refractivity contribution in [1.82, 2.24) is 14.5 Å². The summed E-state index contributed by atoms with van der Waals surface area (Å²) in [6.45, 7) is 1.46. The SMILES string of the molecule is COc1cc(NC(=O)CN2CCc3c(ncn3-c3ccc(F)cc3)C2)c(OC)cc1Cl. The van der Waals surface area contributed by atoms with Crippen molar-refractivity contribution < 1.29 is 18.7 Å². The van der Waals surface area contributed by atoms with Crippen LogP contribution in [0.1, 0.15) is 11.4 Å². The summed E-state index contributed by atoms with van der Waals surface area (Å²) in [6.07, 6.45) is 2.48. The summed E-state index contributed by atoms with van der Waals surface area (Å²) in [5.41, 5.74) is 3.35. The molecule has 3 aromatic rings. The quantitative estimate of drug-likeness (QED) is 0.628. The van der Waals surface area contributed by atoms with E-state index in [4.69, 9.17) is 21.1 Å². The van der Waals surface area contributed by atoms with E-state index >= 15 is 0 Å². The Balaban J connectivity index is 1.43. The maximum Gasteiger partial charge on any atom is 0.238 e. The van der Waals surface area contributed by atoms with E-state index in [9.17, 15) is 9.18 Å². The summed E-state index contributed by atoms with van der Waals surface area (Å²) in [4.78, 5) is 19.2. The number of carbonyl (C=O) groups excluding carboxylic acids is 1. The largest absolute Gasteiger partial charge is 0.495 e. The molecule has 0 aliphatic carbocycles. The van der Waals surface area contributed by atoms with Crippen LogP contribution >= 0.6 is 11.6 Å². The number of nitrogens with zero attached hydrogens (tertiary/aromatic N) is 3. The van der Waals surface area contributed by atoms with Crippen molar-refractivity contribution in [2.24, 2.45) is 0 Å². The second kappa shape index (κ2) is 8.95. The molecule has 0 saturated carbocycles. The number of ether oxygens (including phenoxy) is 2.